The van der Waals surface area contributed by atoms with Crippen molar-refractivity contribution in [2.24, 2.45) is 0 Å². The molecular weight excluding hydrogens is 336 g/mol. The SMILES string of the molecule is CC(C)NC(=O)c1ccccc1NC(=O)c1ccc(Br)o1. The molecule has 21 heavy (non-hydrogen) atoms. The maximum Gasteiger partial charge on any atom is 0.291 e. The summed E-state index contributed by atoms with van der Waals surface area (Å²) in [4.78, 5) is 24.2. The Kier molecular flexibility index (Phi) is 4.80. The van der Waals surface area contributed by atoms with Crippen LogP contribution < -0.4 is 10.6 Å². The molecule has 0 aliphatic carbocycles. The molecule has 0 bridgehead atoms. The van der Waals surface area contributed by atoms with Gasteiger partial charge in [-0.15, -0.1) is 0 Å². The van der Waals surface area contributed by atoms with Gasteiger partial charge in [-0.2, -0.15) is 0 Å². The zero-order valence-electron chi connectivity index (χ0n) is 11.6. The number of anilines is 1. The van der Waals surface area contributed by atoms with E-state index in [1.54, 1.807) is 36.4 Å². The molecule has 0 unspecified atom stereocenters. The van der Waals surface area contributed by atoms with Crippen molar-refractivity contribution in [2.75, 3.05) is 5.32 Å². The molecule has 1 aromatic heterocycles. The highest BCUT2D eigenvalue weighted by molar-refractivity contribution is 9.10. The second-order valence-electron chi connectivity index (χ2n) is 4.73. The number of halogens is 1. The molecule has 5 nitrogen and oxygen atoms in total. The lowest BCUT2D eigenvalue weighted by Gasteiger charge is -2.12. The van der Waals surface area contributed by atoms with E-state index in [0.717, 1.165) is 0 Å². The number of rotatable bonds is 4. The van der Waals surface area contributed by atoms with Gasteiger partial charge in [-0.25, -0.2) is 0 Å². The number of furan rings is 1. The lowest BCUT2D eigenvalue weighted by Crippen LogP contribution is -2.31. The average Bonchev–Trinajstić information content (AvgIpc) is 2.85. The molecule has 0 aliphatic heterocycles. The molecule has 2 amide bonds. The fourth-order valence-electron chi connectivity index (χ4n) is 1.75. The molecule has 0 saturated carbocycles. The molecule has 1 heterocycles. The van der Waals surface area contributed by atoms with E-state index in [-0.39, 0.29) is 17.7 Å². The van der Waals surface area contributed by atoms with E-state index >= 15 is 0 Å². The van der Waals surface area contributed by atoms with Gasteiger partial charge in [0.05, 0.1) is 11.3 Å². The van der Waals surface area contributed by atoms with E-state index < -0.39 is 5.91 Å². The molecule has 0 spiro atoms. The molecule has 2 aromatic rings. The van der Waals surface area contributed by atoms with Gasteiger partial charge in [-0.1, -0.05) is 12.1 Å². The molecule has 110 valence electrons. The monoisotopic (exact) mass is 350 g/mol. The number of hydrogen-bond acceptors (Lipinski definition) is 3. The summed E-state index contributed by atoms with van der Waals surface area (Å²) in [6, 6.07) is 10.0. The number of benzene rings is 1. The largest absolute Gasteiger partial charge is 0.444 e. The summed E-state index contributed by atoms with van der Waals surface area (Å²) in [7, 11) is 0. The summed E-state index contributed by atoms with van der Waals surface area (Å²) < 4.78 is 5.66. The lowest BCUT2D eigenvalue weighted by molar-refractivity contribution is 0.0944. The highest BCUT2D eigenvalue weighted by atomic mass is 79.9. The average molecular weight is 351 g/mol. The van der Waals surface area contributed by atoms with Crippen LogP contribution in [0.5, 0.6) is 0 Å². The van der Waals surface area contributed by atoms with Gasteiger partial charge in [0.1, 0.15) is 0 Å². The Labute approximate surface area is 130 Å². The topological polar surface area (TPSA) is 71.3 Å². The molecule has 0 fully saturated rings. The number of carbonyl (C=O) groups is 2. The van der Waals surface area contributed by atoms with Crippen LogP contribution >= 0.6 is 15.9 Å². The highest BCUT2D eigenvalue weighted by Crippen LogP contribution is 2.19. The van der Waals surface area contributed by atoms with Gasteiger partial charge in [0.25, 0.3) is 11.8 Å². The van der Waals surface area contributed by atoms with Crippen LogP contribution in [-0.4, -0.2) is 17.9 Å². The number of carbonyl (C=O) groups excluding carboxylic acids is 2. The van der Waals surface area contributed by atoms with Crippen molar-refractivity contribution >= 4 is 33.4 Å². The fraction of sp³-hybridized carbons (Fsp3) is 0.200. The minimum Gasteiger partial charge on any atom is -0.444 e. The number of hydrogen-bond donors (Lipinski definition) is 2. The van der Waals surface area contributed by atoms with Crippen LogP contribution in [0.15, 0.2) is 45.5 Å². The standard InChI is InChI=1S/C15H15BrN2O3/c1-9(2)17-14(19)10-5-3-4-6-11(10)18-15(20)12-7-8-13(16)21-12/h3-9H,1-2H3,(H,17,19)(H,18,20). The number of para-hydroxylation sites is 1. The third-order valence-electron chi connectivity index (χ3n) is 2.64. The van der Waals surface area contributed by atoms with Gasteiger partial charge in [0.2, 0.25) is 0 Å². The summed E-state index contributed by atoms with van der Waals surface area (Å²) in [5.41, 5.74) is 0.846. The first-order valence-electron chi connectivity index (χ1n) is 6.44. The van der Waals surface area contributed by atoms with Crippen LogP contribution in [0, 0.1) is 0 Å². The molecule has 6 heteroatoms. The minimum atomic E-state index is -0.412. The normalized spacial score (nSPS) is 10.5. The lowest BCUT2D eigenvalue weighted by atomic mass is 10.1. The quantitative estimate of drug-likeness (QED) is 0.887. The van der Waals surface area contributed by atoms with Crippen molar-refractivity contribution < 1.29 is 14.0 Å². The van der Waals surface area contributed by atoms with E-state index in [0.29, 0.717) is 15.9 Å². The van der Waals surface area contributed by atoms with Gasteiger partial charge in [0, 0.05) is 6.04 Å². The van der Waals surface area contributed by atoms with Crippen LogP contribution in [0.25, 0.3) is 0 Å². The van der Waals surface area contributed by atoms with Crippen LogP contribution in [0.3, 0.4) is 0 Å². The molecule has 0 saturated heterocycles. The summed E-state index contributed by atoms with van der Waals surface area (Å²) in [5.74, 6) is -0.479. The Bertz CT molecular complexity index is 664. The second-order valence-corrected chi connectivity index (χ2v) is 5.51. The molecule has 2 rings (SSSR count). The Hall–Kier alpha value is -2.08. The van der Waals surface area contributed by atoms with Crippen LogP contribution in [-0.2, 0) is 0 Å². The molecule has 0 atom stereocenters. The van der Waals surface area contributed by atoms with Crippen molar-refractivity contribution in [1.82, 2.24) is 5.32 Å². The Morgan fingerprint density at radius 1 is 1.10 bits per heavy atom. The molecule has 0 radical (unpaired) electrons. The third kappa shape index (κ3) is 3.95. The van der Waals surface area contributed by atoms with Gasteiger partial charge in [-0.05, 0) is 54.0 Å². The zero-order chi connectivity index (χ0) is 15.4. The predicted molar refractivity (Wildman–Crippen MR) is 83.4 cm³/mol. The Morgan fingerprint density at radius 3 is 2.43 bits per heavy atom. The first kappa shape index (κ1) is 15.3. The van der Waals surface area contributed by atoms with Crippen LogP contribution in [0.2, 0.25) is 0 Å². The summed E-state index contributed by atoms with van der Waals surface area (Å²) in [5, 5.41) is 5.48. The van der Waals surface area contributed by atoms with Gasteiger partial charge in [0.15, 0.2) is 10.4 Å². The van der Waals surface area contributed by atoms with Gasteiger partial charge in [-0.3, -0.25) is 9.59 Å². The van der Waals surface area contributed by atoms with Gasteiger partial charge < -0.3 is 15.1 Å². The van der Waals surface area contributed by atoms with Crippen molar-refractivity contribution in [3.8, 4) is 0 Å². The van der Waals surface area contributed by atoms with Gasteiger partial charge >= 0.3 is 0 Å². The summed E-state index contributed by atoms with van der Waals surface area (Å²) in [6.07, 6.45) is 0. The van der Waals surface area contributed by atoms with E-state index in [1.807, 2.05) is 13.8 Å². The highest BCUT2D eigenvalue weighted by Gasteiger charge is 2.16. The maximum atomic E-state index is 12.1. The van der Waals surface area contributed by atoms with Crippen molar-refractivity contribution in [2.45, 2.75) is 19.9 Å². The van der Waals surface area contributed by atoms with E-state index in [4.69, 9.17) is 4.42 Å². The molecule has 0 aliphatic rings. The van der Waals surface area contributed by atoms with Crippen LogP contribution in [0.1, 0.15) is 34.8 Å². The summed E-state index contributed by atoms with van der Waals surface area (Å²) in [6.45, 7) is 3.75. The molecule has 2 N–H and O–H groups in total. The maximum absolute atomic E-state index is 12.1. The number of amides is 2. The van der Waals surface area contributed by atoms with Crippen molar-refractivity contribution in [1.29, 1.82) is 0 Å². The first-order chi connectivity index (χ1) is 9.97. The zero-order valence-corrected chi connectivity index (χ0v) is 13.2. The Morgan fingerprint density at radius 2 is 1.81 bits per heavy atom. The number of nitrogens with one attached hydrogen (secondary N) is 2. The van der Waals surface area contributed by atoms with E-state index in [1.165, 1.54) is 0 Å². The smallest absolute Gasteiger partial charge is 0.291 e. The second kappa shape index (κ2) is 6.58. The van der Waals surface area contributed by atoms with Crippen LogP contribution in [0.4, 0.5) is 5.69 Å². The Balaban J connectivity index is 2.20. The molecular formula is C15H15BrN2O3. The summed E-state index contributed by atoms with van der Waals surface area (Å²) >= 11 is 3.14. The third-order valence-corrected chi connectivity index (χ3v) is 3.06. The van der Waals surface area contributed by atoms with Crippen molar-refractivity contribution in [3.63, 3.8) is 0 Å². The predicted octanol–water partition coefficient (Wildman–Crippen LogP) is 3.43. The first-order valence-corrected chi connectivity index (χ1v) is 7.23. The van der Waals surface area contributed by atoms with Crippen molar-refractivity contribution in [3.05, 3.63) is 52.4 Å². The fourth-order valence-corrected chi connectivity index (χ4v) is 2.06. The molecule has 1 aromatic carbocycles. The minimum absolute atomic E-state index is 0.0160. The van der Waals surface area contributed by atoms with E-state index in [9.17, 15) is 9.59 Å². The van der Waals surface area contributed by atoms with E-state index in [2.05, 4.69) is 26.6 Å².